The third-order valence-electron chi connectivity index (χ3n) is 3.65. The molecule has 2 aromatic carbocycles. The predicted octanol–water partition coefficient (Wildman–Crippen LogP) is 3.71. The van der Waals surface area contributed by atoms with Crippen molar-refractivity contribution < 1.29 is 0 Å². The molecule has 19 heavy (non-hydrogen) atoms. The van der Waals surface area contributed by atoms with Gasteiger partial charge in [-0.05, 0) is 44.0 Å². The van der Waals surface area contributed by atoms with Gasteiger partial charge in [-0.25, -0.2) is 9.97 Å². The highest BCUT2D eigenvalue weighted by atomic mass is 35.5. The van der Waals surface area contributed by atoms with Crippen LogP contribution in [0.4, 0.5) is 5.69 Å². The Bertz CT molecular complexity index is 715. The molecule has 0 fully saturated rings. The average Bonchev–Trinajstić information content (AvgIpc) is 2.41. The third kappa shape index (κ3) is 1.90. The van der Waals surface area contributed by atoms with Crippen molar-refractivity contribution in [1.82, 2.24) is 9.97 Å². The number of anilines is 1. The summed E-state index contributed by atoms with van der Waals surface area (Å²) in [5.74, 6) is 0. The molecule has 0 aliphatic heterocycles. The Morgan fingerprint density at radius 2 is 1.26 bits per heavy atom. The summed E-state index contributed by atoms with van der Waals surface area (Å²) in [6.45, 7) is 6.10. The Hall–Kier alpha value is -1.87. The number of nitrogens with two attached hydrogens (primary N) is 1. The second-order valence-electron chi connectivity index (χ2n) is 4.70. The van der Waals surface area contributed by atoms with Crippen LogP contribution < -0.4 is 5.73 Å². The van der Waals surface area contributed by atoms with Crippen molar-refractivity contribution in [2.45, 2.75) is 20.8 Å². The van der Waals surface area contributed by atoms with Crippen LogP contribution >= 0.6 is 12.4 Å². The highest BCUT2D eigenvalue weighted by molar-refractivity contribution is 5.93. The van der Waals surface area contributed by atoms with Crippen LogP contribution in [0.3, 0.4) is 0 Å². The fourth-order valence-corrected chi connectivity index (χ4v) is 2.31. The molecule has 0 saturated carbocycles. The van der Waals surface area contributed by atoms with Crippen molar-refractivity contribution in [3.8, 4) is 0 Å². The molecule has 0 radical (unpaired) electrons. The largest absolute Gasteiger partial charge is 0.398 e. The van der Waals surface area contributed by atoms with Crippen LogP contribution in [-0.4, -0.2) is 9.97 Å². The zero-order chi connectivity index (χ0) is 12.9. The van der Waals surface area contributed by atoms with E-state index in [1.165, 1.54) is 0 Å². The number of para-hydroxylation sites is 2. The third-order valence-corrected chi connectivity index (χ3v) is 3.65. The predicted molar refractivity (Wildman–Crippen MR) is 82.9 cm³/mol. The summed E-state index contributed by atoms with van der Waals surface area (Å²) in [6.07, 6.45) is 0. The minimum absolute atomic E-state index is 0. The second kappa shape index (κ2) is 4.67. The molecule has 3 nitrogen and oxygen atoms in total. The minimum atomic E-state index is 0. The number of aromatic nitrogens is 2. The summed E-state index contributed by atoms with van der Waals surface area (Å²) in [6, 6.07) is 7.92. The van der Waals surface area contributed by atoms with Crippen LogP contribution in [0.1, 0.15) is 16.7 Å². The van der Waals surface area contributed by atoms with Crippen LogP contribution in [0.25, 0.3) is 22.1 Å². The molecule has 0 saturated heterocycles. The number of aryl methyl sites for hydroxylation is 2. The van der Waals surface area contributed by atoms with Gasteiger partial charge in [0, 0.05) is 11.3 Å². The van der Waals surface area contributed by atoms with Crippen LogP contribution in [0, 0.1) is 20.8 Å². The van der Waals surface area contributed by atoms with Gasteiger partial charge in [-0.15, -0.1) is 12.4 Å². The molecular formula is C15H16ClN3. The fraction of sp³-hybridized carbons (Fsp3) is 0.200. The molecule has 0 aliphatic carbocycles. The lowest BCUT2D eigenvalue weighted by Gasteiger charge is -2.12. The van der Waals surface area contributed by atoms with Crippen molar-refractivity contribution in [1.29, 1.82) is 0 Å². The van der Waals surface area contributed by atoms with E-state index in [1.54, 1.807) is 0 Å². The highest BCUT2D eigenvalue weighted by Gasteiger charge is 2.12. The summed E-state index contributed by atoms with van der Waals surface area (Å²) in [4.78, 5) is 9.42. The SMILES string of the molecule is Cc1c(N)c(C)c2nc3ccccc3nc2c1C.Cl. The van der Waals surface area contributed by atoms with Gasteiger partial charge in [-0.3, -0.25) is 0 Å². The number of hydrogen-bond acceptors (Lipinski definition) is 3. The minimum Gasteiger partial charge on any atom is -0.398 e. The quantitative estimate of drug-likeness (QED) is 0.502. The molecule has 0 bridgehead atoms. The number of hydrogen-bond donors (Lipinski definition) is 1. The van der Waals surface area contributed by atoms with Gasteiger partial charge in [0.05, 0.1) is 22.1 Å². The van der Waals surface area contributed by atoms with E-state index in [4.69, 9.17) is 15.7 Å². The lowest BCUT2D eigenvalue weighted by molar-refractivity contribution is 1.28. The monoisotopic (exact) mass is 273 g/mol. The number of nitrogen functional groups attached to an aromatic ring is 1. The first-order valence-corrected chi connectivity index (χ1v) is 6.01. The van der Waals surface area contributed by atoms with Gasteiger partial charge in [0.25, 0.3) is 0 Å². The van der Waals surface area contributed by atoms with E-state index in [0.717, 1.165) is 44.4 Å². The van der Waals surface area contributed by atoms with E-state index in [9.17, 15) is 0 Å². The van der Waals surface area contributed by atoms with Crippen molar-refractivity contribution in [3.63, 3.8) is 0 Å². The smallest absolute Gasteiger partial charge is 0.0947 e. The molecule has 2 N–H and O–H groups in total. The molecular weight excluding hydrogens is 258 g/mol. The first-order valence-electron chi connectivity index (χ1n) is 6.01. The van der Waals surface area contributed by atoms with Crippen molar-refractivity contribution in [3.05, 3.63) is 41.0 Å². The molecule has 0 spiro atoms. The molecule has 0 amide bonds. The van der Waals surface area contributed by atoms with Gasteiger partial charge >= 0.3 is 0 Å². The lowest BCUT2D eigenvalue weighted by Crippen LogP contribution is -2.01. The maximum Gasteiger partial charge on any atom is 0.0947 e. The normalized spacial score (nSPS) is 10.7. The van der Waals surface area contributed by atoms with E-state index in [2.05, 4.69) is 6.92 Å². The first kappa shape index (κ1) is 13.6. The van der Waals surface area contributed by atoms with E-state index in [1.807, 2.05) is 38.1 Å². The molecule has 3 aromatic rings. The summed E-state index contributed by atoms with van der Waals surface area (Å²) in [7, 11) is 0. The number of nitrogens with zero attached hydrogens (tertiary/aromatic N) is 2. The average molecular weight is 274 g/mol. The van der Waals surface area contributed by atoms with Gasteiger partial charge < -0.3 is 5.73 Å². The maximum atomic E-state index is 6.13. The maximum absolute atomic E-state index is 6.13. The summed E-state index contributed by atoms with van der Waals surface area (Å²) in [5, 5.41) is 0. The molecule has 3 rings (SSSR count). The first-order chi connectivity index (χ1) is 8.59. The van der Waals surface area contributed by atoms with Gasteiger partial charge in [-0.2, -0.15) is 0 Å². The van der Waals surface area contributed by atoms with Crippen LogP contribution in [0.15, 0.2) is 24.3 Å². The number of rotatable bonds is 0. The molecule has 0 unspecified atom stereocenters. The fourth-order valence-electron chi connectivity index (χ4n) is 2.31. The van der Waals surface area contributed by atoms with Crippen molar-refractivity contribution in [2.24, 2.45) is 0 Å². The number of fused-ring (bicyclic) bond motifs is 2. The number of benzene rings is 2. The Morgan fingerprint density at radius 3 is 1.79 bits per heavy atom. The topological polar surface area (TPSA) is 51.8 Å². The Kier molecular flexibility index (Phi) is 3.33. The van der Waals surface area contributed by atoms with Gasteiger partial charge in [0.15, 0.2) is 0 Å². The molecule has 1 heterocycles. The summed E-state index contributed by atoms with van der Waals surface area (Å²) >= 11 is 0. The molecule has 4 heteroatoms. The Labute approximate surface area is 118 Å². The standard InChI is InChI=1S/C15H15N3.ClH/c1-8-9(2)14-15(10(3)13(8)16)18-12-7-5-4-6-11(12)17-14;/h4-7H,16H2,1-3H3;1H. The second-order valence-corrected chi connectivity index (χ2v) is 4.70. The lowest BCUT2D eigenvalue weighted by atomic mass is 10.0. The van der Waals surface area contributed by atoms with Gasteiger partial charge in [0.1, 0.15) is 0 Å². The zero-order valence-corrected chi connectivity index (χ0v) is 12.0. The van der Waals surface area contributed by atoms with E-state index in [0.29, 0.717) is 0 Å². The zero-order valence-electron chi connectivity index (χ0n) is 11.2. The van der Waals surface area contributed by atoms with E-state index in [-0.39, 0.29) is 12.4 Å². The van der Waals surface area contributed by atoms with Crippen LogP contribution in [0.2, 0.25) is 0 Å². The van der Waals surface area contributed by atoms with Crippen LogP contribution in [-0.2, 0) is 0 Å². The van der Waals surface area contributed by atoms with E-state index >= 15 is 0 Å². The molecule has 98 valence electrons. The Balaban J connectivity index is 0.00000133. The molecule has 0 atom stereocenters. The van der Waals surface area contributed by atoms with E-state index < -0.39 is 0 Å². The molecule has 0 aliphatic rings. The number of halogens is 1. The summed E-state index contributed by atoms with van der Waals surface area (Å²) in [5.41, 5.74) is 13.9. The molecule has 1 aromatic heterocycles. The van der Waals surface area contributed by atoms with Crippen LogP contribution in [0.5, 0.6) is 0 Å². The highest BCUT2D eigenvalue weighted by Crippen LogP contribution is 2.30. The van der Waals surface area contributed by atoms with Crippen molar-refractivity contribution >= 4 is 40.2 Å². The van der Waals surface area contributed by atoms with Gasteiger partial charge in [-0.1, -0.05) is 12.1 Å². The van der Waals surface area contributed by atoms with Gasteiger partial charge in [0.2, 0.25) is 0 Å². The Morgan fingerprint density at radius 1 is 0.789 bits per heavy atom. The summed E-state index contributed by atoms with van der Waals surface area (Å²) < 4.78 is 0. The van der Waals surface area contributed by atoms with Crippen molar-refractivity contribution in [2.75, 3.05) is 5.73 Å².